The van der Waals surface area contributed by atoms with Crippen molar-refractivity contribution in [3.8, 4) is 0 Å². The number of hydrogen-bond donors (Lipinski definition) is 2. The highest BCUT2D eigenvalue weighted by atomic mass is 16.3. The SMILES string of the molecule is CN.Nc1c(C=O)oc2ccccc12. The second kappa shape index (κ2) is 4.43. The Morgan fingerprint density at radius 3 is 2.50 bits per heavy atom. The number of para-hydroxylation sites is 1. The summed E-state index contributed by atoms with van der Waals surface area (Å²) in [6, 6.07) is 7.28. The zero-order valence-electron chi connectivity index (χ0n) is 7.86. The van der Waals surface area contributed by atoms with Crippen LogP contribution >= 0.6 is 0 Å². The number of carbonyl (C=O) groups excluding carboxylic acids is 1. The molecule has 0 spiro atoms. The predicted molar refractivity (Wildman–Crippen MR) is 56.1 cm³/mol. The van der Waals surface area contributed by atoms with Crippen molar-refractivity contribution in [1.29, 1.82) is 0 Å². The summed E-state index contributed by atoms with van der Waals surface area (Å²) in [5.74, 6) is 0.205. The molecule has 0 atom stereocenters. The molecule has 0 radical (unpaired) electrons. The number of anilines is 1. The molecule has 14 heavy (non-hydrogen) atoms. The summed E-state index contributed by atoms with van der Waals surface area (Å²) in [6.07, 6.45) is 0.620. The van der Waals surface area contributed by atoms with Crippen LogP contribution in [0.1, 0.15) is 10.6 Å². The maximum absolute atomic E-state index is 10.4. The first-order valence-electron chi connectivity index (χ1n) is 4.13. The molecule has 2 rings (SSSR count). The first-order valence-corrected chi connectivity index (χ1v) is 4.13. The van der Waals surface area contributed by atoms with Gasteiger partial charge >= 0.3 is 0 Å². The first kappa shape index (κ1) is 10.3. The van der Waals surface area contributed by atoms with Gasteiger partial charge in [0.25, 0.3) is 0 Å². The molecule has 0 saturated heterocycles. The molecule has 74 valence electrons. The number of carbonyl (C=O) groups is 1. The van der Waals surface area contributed by atoms with Gasteiger partial charge in [-0.25, -0.2) is 0 Å². The normalized spacial score (nSPS) is 9.29. The molecule has 1 heterocycles. The molecule has 0 aliphatic rings. The summed E-state index contributed by atoms with van der Waals surface area (Å²) >= 11 is 0. The van der Waals surface area contributed by atoms with Gasteiger partial charge in [0.2, 0.25) is 0 Å². The lowest BCUT2D eigenvalue weighted by atomic mass is 10.2. The van der Waals surface area contributed by atoms with Gasteiger partial charge < -0.3 is 15.9 Å². The molecule has 0 aliphatic heterocycles. The van der Waals surface area contributed by atoms with Crippen LogP contribution in [-0.4, -0.2) is 13.3 Å². The maximum atomic E-state index is 10.4. The van der Waals surface area contributed by atoms with Crippen molar-refractivity contribution in [3.05, 3.63) is 30.0 Å². The zero-order chi connectivity index (χ0) is 10.6. The Bertz CT molecular complexity index is 435. The predicted octanol–water partition coefficient (Wildman–Crippen LogP) is 1.40. The fourth-order valence-electron chi connectivity index (χ4n) is 1.17. The van der Waals surface area contributed by atoms with E-state index in [2.05, 4.69) is 5.73 Å². The minimum Gasteiger partial charge on any atom is -0.451 e. The van der Waals surface area contributed by atoms with E-state index >= 15 is 0 Å². The van der Waals surface area contributed by atoms with Crippen molar-refractivity contribution in [2.45, 2.75) is 0 Å². The van der Waals surface area contributed by atoms with Crippen LogP contribution in [0.4, 0.5) is 5.69 Å². The third-order valence-corrected chi connectivity index (χ3v) is 1.77. The first-order chi connectivity index (χ1) is 6.83. The molecule has 4 nitrogen and oxygen atoms in total. The van der Waals surface area contributed by atoms with Crippen LogP contribution in [0.15, 0.2) is 28.7 Å². The third kappa shape index (κ3) is 1.60. The minimum absolute atomic E-state index is 0.205. The molecule has 2 aromatic rings. The molecule has 0 fully saturated rings. The highest BCUT2D eigenvalue weighted by molar-refractivity contribution is 5.98. The molecule has 4 heteroatoms. The van der Waals surface area contributed by atoms with Gasteiger partial charge in [-0.3, -0.25) is 4.79 Å². The van der Waals surface area contributed by atoms with Gasteiger partial charge in [-0.2, -0.15) is 0 Å². The lowest BCUT2D eigenvalue weighted by molar-refractivity contribution is 0.110. The Kier molecular flexibility index (Phi) is 3.25. The topological polar surface area (TPSA) is 82.2 Å². The lowest BCUT2D eigenvalue weighted by Gasteiger charge is -1.85. The largest absolute Gasteiger partial charge is 0.451 e. The highest BCUT2D eigenvalue weighted by Gasteiger charge is 2.08. The smallest absolute Gasteiger partial charge is 0.190 e. The number of benzene rings is 1. The quantitative estimate of drug-likeness (QED) is 0.669. The van der Waals surface area contributed by atoms with Gasteiger partial charge in [0.1, 0.15) is 5.58 Å². The Morgan fingerprint density at radius 2 is 1.93 bits per heavy atom. The number of furan rings is 1. The van der Waals surface area contributed by atoms with E-state index in [-0.39, 0.29) is 5.76 Å². The van der Waals surface area contributed by atoms with Gasteiger partial charge in [-0.15, -0.1) is 0 Å². The number of rotatable bonds is 1. The number of nitrogens with two attached hydrogens (primary N) is 2. The molecule has 1 aromatic heterocycles. The number of fused-ring (bicyclic) bond motifs is 1. The number of aldehydes is 1. The van der Waals surface area contributed by atoms with E-state index in [0.717, 1.165) is 5.39 Å². The van der Waals surface area contributed by atoms with Gasteiger partial charge in [0.05, 0.1) is 5.69 Å². The molecule has 0 amide bonds. The van der Waals surface area contributed by atoms with Crippen molar-refractivity contribution in [1.82, 2.24) is 0 Å². The lowest BCUT2D eigenvalue weighted by Crippen LogP contribution is -1.86. The van der Waals surface area contributed by atoms with Crippen LogP contribution in [0, 0.1) is 0 Å². The van der Waals surface area contributed by atoms with Crippen LogP contribution in [0.2, 0.25) is 0 Å². The second-order valence-electron chi connectivity index (χ2n) is 2.49. The summed E-state index contributed by atoms with van der Waals surface area (Å²) in [6.45, 7) is 0. The van der Waals surface area contributed by atoms with Crippen molar-refractivity contribution in [3.63, 3.8) is 0 Å². The van der Waals surface area contributed by atoms with Crippen molar-refractivity contribution >= 4 is 22.9 Å². The van der Waals surface area contributed by atoms with E-state index in [4.69, 9.17) is 10.2 Å². The van der Waals surface area contributed by atoms with Crippen molar-refractivity contribution in [2.24, 2.45) is 5.73 Å². The Labute approximate surface area is 81.5 Å². The van der Waals surface area contributed by atoms with E-state index in [9.17, 15) is 4.79 Å². The molecule has 0 unspecified atom stereocenters. The monoisotopic (exact) mass is 192 g/mol. The van der Waals surface area contributed by atoms with E-state index in [0.29, 0.717) is 17.6 Å². The molecule has 0 aliphatic carbocycles. The van der Waals surface area contributed by atoms with E-state index in [1.165, 1.54) is 7.05 Å². The maximum Gasteiger partial charge on any atom is 0.190 e. The summed E-state index contributed by atoms with van der Waals surface area (Å²) in [4.78, 5) is 10.4. The molecule has 0 bridgehead atoms. The molecular formula is C10H12N2O2. The van der Waals surface area contributed by atoms with Crippen LogP contribution in [-0.2, 0) is 0 Å². The summed E-state index contributed by atoms with van der Waals surface area (Å²) in [5, 5.41) is 0.791. The molecular weight excluding hydrogens is 180 g/mol. The average Bonchev–Trinajstić information content (AvgIpc) is 2.59. The molecule has 4 N–H and O–H groups in total. The third-order valence-electron chi connectivity index (χ3n) is 1.77. The average molecular weight is 192 g/mol. The van der Waals surface area contributed by atoms with E-state index in [1.807, 2.05) is 18.2 Å². The standard InChI is InChI=1S/C9H7NO2.CH5N/c10-9-6-3-1-2-4-7(6)12-8(9)5-11;1-2/h1-5H,10H2;2H2,1H3. The van der Waals surface area contributed by atoms with Crippen LogP contribution in [0.25, 0.3) is 11.0 Å². The minimum atomic E-state index is 0.205. The summed E-state index contributed by atoms with van der Waals surface area (Å²) in [7, 11) is 1.50. The molecule has 1 aromatic carbocycles. The second-order valence-corrected chi connectivity index (χ2v) is 2.49. The van der Waals surface area contributed by atoms with Crippen LogP contribution in [0.3, 0.4) is 0 Å². The van der Waals surface area contributed by atoms with Crippen molar-refractivity contribution < 1.29 is 9.21 Å². The van der Waals surface area contributed by atoms with Crippen molar-refractivity contribution in [2.75, 3.05) is 12.8 Å². The fourth-order valence-corrected chi connectivity index (χ4v) is 1.17. The van der Waals surface area contributed by atoms with Gasteiger partial charge in [0, 0.05) is 5.39 Å². The Hall–Kier alpha value is -1.81. The van der Waals surface area contributed by atoms with Gasteiger partial charge in [-0.05, 0) is 19.2 Å². The van der Waals surface area contributed by atoms with E-state index in [1.54, 1.807) is 6.07 Å². The zero-order valence-corrected chi connectivity index (χ0v) is 7.86. The van der Waals surface area contributed by atoms with Gasteiger partial charge in [0.15, 0.2) is 12.0 Å². The number of nitrogen functional groups attached to an aromatic ring is 1. The Morgan fingerprint density at radius 1 is 1.29 bits per heavy atom. The van der Waals surface area contributed by atoms with E-state index < -0.39 is 0 Å². The number of hydrogen-bond acceptors (Lipinski definition) is 4. The Balaban J connectivity index is 0.000000461. The van der Waals surface area contributed by atoms with Gasteiger partial charge in [-0.1, -0.05) is 12.1 Å². The van der Waals surface area contributed by atoms with Crippen LogP contribution in [0.5, 0.6) is 0 Å². The highest BCUT2D eigenvalue weighted by Crippen LogP contribution is 2.26. The van der Waals surface area contributed by atoms with Crippen LogP contribution < -0.4 is 11.5 Å². The fraction of sp³-hybridized carbons (Fsp3) is 0.100. The summed E-state index contributed by atoms with van der Waals surface area (Å²) in [5.41, 5.74) is 11.2. The molecule has 0 saturated carbocycles. The summed E-state index contributed by atoms with van der Waals surface area (Å²) < 4.78 is 5.15.